The predicted molar refractivity (Wildman–Crippen MR) is 320 cm³/mol. The first kappa shape index (κ1) is 70.9. The van der Waals surface area contributed by atoms with Crippen LogP contribution in [0.25, 0.3) is 0 Å². The van der Waals surface area contributed by atoms with E-state index in [0.717, 1.165) is 96.3 Å². The summed E-state index contributed by atoms with van der Waals surface area (Å²) < 4.78 is 23.4. The molecule has 0 aliphatic heterocycles. The second-order valence-electron chi connectivity index (χ2n) is 21.0. The van der Waals surface area contributed by atoms with Crippen LogP contribution in [0, 0.1) is 0 Å². The molecule has 2 N–H and O–H groups in total. The Morgan fingerprint density at radius 2 is 0.824 bits per heavy atom. The van der Waals surface area contributed by atoms with Crippen molar-refractivity contribution in [2.75, 3.05) is 40.9 Å². The number of nitrogens with zero attached hydrogens (tertiary/aromatic N) is 1. The summed E-state index contributed by atoms with van der Waals surface area (Å²) in [6.45, 7) is 4.57. The molecular formula is C65H113N2O6P. The molecule has 0 fully saturated rings. The van der Waals surface area contributed by atoms with E-state index < -0.39 is 20.0 Å². The third kappa shape index (κ3) is 56.6. The van der Waals surface area contributed by atoms with E-state index in [0.29, 0.717) is 30.3 Å². The smallest absolute Gasteiger partial charge is 0.268 e. The van der Waals surface area contributed by atoms with E-state index >= 15 is 0 Å². The number of nitrogens with one attached hydrogen (secondary N) is 1. The quantitative estimate of drug-likeness (QED) is 0.0272. The Hall–Kier alpha value is -3.10. The Bertz CT molecular complexity index is 1620. The lowest BCUT2D eigenvalue weighted by Gasteiger charge is -2.30. The van der Waals surface area contributed by atoms with Crippen molar-refractivity contribution < 1.29 is 32.9 Å². The maximum Gasteiger partial charge on any atom is 0.268 e. The van der Waals surface area contributed by atoms with E-state index in [9.17, 15) is 19.4 Å². The lowest BCUT2D eigenvalue weighted by Crippen LogP contribution is -2.46. The maximum absolute atomic E-state index is 13.0. The highest BCUT2D eigenvalue weighted by molar-refractivity contribution is 7.45. The van der Waals surface area contributed by atoms with E-state index in [1.54, 1.807) is 0 Å². The summed E-state index contributed by atoms with van der Waals surface area (Å²) in [4.78, 5) is 25.5. The molecule has 0 aromatic heterocycles. The average Bonchev–Trinajstić information content (AvgIpc) is 3.36. The standard InChI is InChI=1S/C65H113N2O6P/c1-6-8-10-12-14-16-18-20-22-24-26-27-28-29-30-31-32-33-34-35-36-37-38-39-41-43-45-47-49-51-53-55-57-59-65(69)66-63(62-73-74(70,71)72-61-60-67(3,4)5)64(68)58-56-54-52-50-48-46-44-42-40-25-23-21-19-17-15-13-11-9-7-2/h8,10,14,16,20,22,26-27,29-30,32-33,35-36,38-39,43,45,49,51,63-64,68H,6-7,9,11-13,15,17-19,21,23-25,28,31,34,37,40-42,44,46-48,50,52-62H2,1-5H3,(H-,66,69,70,71)/b10-8-,16-14-,22-20-,27-26-,30-29-,33-32-,36-35-,39-38-,45-43-,51-49-. The van der Waals surface area contributed by atoms with Crippen molar-refractivity contribution in [1.82, 2.24) is 5.32 Å². The summed E-state index contributed by atoms with van der Waals surface area (Å²) in [6, 6.07) is -0.834. The molecule has 74 heavy (non-hydrogen) atoms. The summed E-state index contributed by atoms with van der Waals surface area (Å²) in [5.41, 5.74) is 0. The molecule has 0 saturated carbocycles. The summed E-state index contributed by atoms with van der Waals surface area (Å²) in [5.74, 6) is -0.210. The van der Waals surface area contributed by atoms with Crippen LogP contribution in [0.2, 0.25) is 0 Å². The highest BCUT2D eigenvalue weighted by Gasteiger charge is 2.24. The van der Waals surface area contributed by atoms with Crippen molar-refractivity contribution in [2.45, 2.75) is 244 Å². The molecule has 0 radical (unpaired) electrons. The highest BCUT2D eigenvalue weighted by atomic mass is 31.2. The summed E-state index contributed by atoms with van der Waals surface area (Å²) in [6.07, 6.45) is 80.9. The number of hydrogen-bond acceptors (Lipinski definition) is 6. The number of amides is 1. The lowest BCUT2D eigenvalue weighted by molar-refractivity contribution is -0.870. The lowest BCUT2D eigenvalue weighted by atomic mass is 10.0. The Morgan fingerprint density at radius 3 is 1.18 bits per heavy atom. The number of unbranched alkanes of at least 4 members (excludes halogenated alkanes) is 20. The van der Waals surface area contributed by atoms with Crippen molar-refractivity contribution >= 4 is 13.7 Å². The Labute approximate surface area is 456 Å². The van der Waals surface area contributed by atoms with E-state index in [1.807, 2.05) is 21.1 Å². The maximum atomic E-state index is 13.0. The van der Waals surface area contributed by atoms with Gasteiger partial charge >= 0.3 is 0 Å². The zero-order valence-corrected chi connectivity index (χ0v) is 49.1. The number of hydrogen-bond donors (Lipinski definition) is 2. The van der Waals surface area contributed by atoms with Gasteiger partial charge in [-0.25, -0.2) is 0 Å². The Balaban J connectivity index is 4.29. The van der Waals surface area contributed by atoms with Gasteiger partial charge in [-0.15, -0.1) is 0 Å². The molecule has 424 valence electrons. The van der Waals surface area contributed by atoms with Gasteiger partial charge < -0.3 is 28.8 Å². The summed E-state index contributed by atoms with van der Waals surface area (Å²) in [5, 5.41) is 14.0. The first-order chi connectivity index (χ1) is 36.0. The Kier molecular flexibility index (Phi) is 52.4. The molecule has 0 bridgehead atoms. The molecule has 3 unspecified atom stereocenters. The number of quaternary nitrogens is 1. The van der Waals surface area contributed by atoms with Crippen molar-refractivity contribution in [3.05, 3.63) is 122 Å². The van der Waals surface area contributed by atoms with E-state index in [1.165, 1.54) is 103 Å². The number of aliphatic hydroxyl groups excluding tert-OH is 1. The molecule has 0 aromatic carbocycles. The SMILES string of the molecule is CC/C=C\C/C=C\C/C=C\C/C=C\C/C=C\C/C=C\C/C=C\C/C=C\C/C=C\C/C=C\CCCCC(=O)NC(COP(=O)([O-])OCC[N+](C)(C)C)C(O)CCCCCCCCCCCCCCCCCCCCC. The molecule has 0 rings (SSSR count). The molecule has 0 aliphatic rings. The minimum Gasteiger partial charge on any atom is -0.756 e. The van der Waals surface area contributed by atoms with Crippen LogP contribution in [-0.4, -0.2) is 68.5 Å². The van der Waals surface area contributed by atoms with Crippen molar-refractivity contribution in [2.24, 2.45) is 0 Å². The second-order valence-corrected chi connectivity index (χ2v) is 22.4. The molecule has 3 atom stereocenters. The van der Waals surface area contributed by atoms with Crippen LogP contribution in [0.15, 0.2) is 122 Å². The van der Waals surface area contributed by atoms with E-state index in [4.69, 9.17) is 9.05 Å². The molecule has 8 nitrogen and oxygen atoms in total. The molecular weight excluding hydrogens is 936 g/mol. The fraction of sp³-hybridized carbons (Fsp3) is 0.677. The van der Waals surface area contributed by atoms with Crippen molar-refractivity contribution in [3.8, 4) is 0 Å². The number of carbonyl (C=O) groups is 1. The average molecular weight is 1050 g/mol. The predicted octanol–water partition coefficient (Wildman–Crippen LogP) is 17.9. The van der Waals surface area contributed by atoms with Crippen molar-refractivity contribution in [1.29, 1.82) is 0 Å². The second kappa shape index (κ2) is 54.7. The number of rotatable bonds is 53. The number of likely N-dealkylation sites (N-methyl/N-ethyl adjacent to an activating group) is 1. The third-order valence-electron chi connectivity index (χ3n) is 12.7. The molecule has 0 spiro atoms. The van der Waals surface area contributed by atoms with Gasteiger partial charge in [-0.05, 0) is 89.9 Å². The third-order valence-corrected chi connectivity index (χ3v) is 13.7. The van der Waals surface area contributed by atoms with Gasteiger partial charge in [0.05, 0.1) is 39.9 Å². The largest absolute Gasteiger partial charge is 0.756 e. The van der Waals surface area contributed by atoms with Gasteiger partial charge in [-0.1, -0.05) is 257 Å². The normalized spacial score (nSPS) is 14.7. The van der Waals surface area contributed by atoms with E-state index in [2.05, 4.69) is 141 Å². The zero-order valence-electron chi connectivity index (χ0n) is 48.2. The van der Waals surface area contributed by atoms with Crippen LogP contribution in [0.1, 0.15) is 232 Å². The molecule has 0 aromatic rings. The van der Waals surface area contributed by atoms with Gasteiger partial charge in [0.2, 0.25) is 5.91 Å². The number of aliphatic hydroxyl groups is 1. The minimum absolute atomic E-state index is 0.00294. The van der Waals surface area contributed by atoms with Crippen LogP contribution >= 0.6 is 7.82 Å². The highest BCUT2D eigenvalue weighted by Crippen LogP contribution is 2.38. The number of phosphoric acid groups is 1. The molecule has 0 saturated heterocycles. The first-order valence-electron chi connectivity index (χ1n) is 29.9. The van der Waals surface area contributed by atoms with Gasteiger partial charge in [0, 0.05) is 6.42 Å². The van der Waals surface area contributed by atoms with Crippen LogP contribution in [0.4, 0.5) is 0 Å². The first-order valence-corrected chi connectivity index (χ1v) is 31.3. The van der Waals surface area contributed by atoms with Gasteiger partial charge in [0.15, 0.2) is 0 Å². The summed E-state index contributed by atoms with van der Waals surface area (Å²) in [7, 11) is 1.26. The Morgan fingerprint density at radius 1 is 0.486 bits per heavy atom. The molecule has 0 aliphatic carbocycles. The minimum atomic E-state index is -4.60. The summed E-state index contributed by atoms with van der Waals surface area (Å²) >= 11 is 0. The molecule has 0 heterocycles. The van der Waals surface area contributed by atoms with Crippen LogP contribution in [0.5, 0.6) is 0 Å². The monoisotopic (exact) mass is 1050 g/mol. The van der Waals surface area contributed by atoms with Crippen LogP contribution < -0.4 is 10.2 Å². The van der Waals surface area contributed by atoms with Gasteiger partial charge in [-0.3, -0.25) is 9.36 Å². The fourth-order valence-electron chi connectivity index (χ4n) is 8.07. The van der Waals surface area contributed by atoms with Gasteiger partial charge in [-0.2, -0.15) is 0 Å². The zero-order chi connectivity index (χ0) is 54.2. The molecule has 1 amide bonds. The number of phosphoric ester groups is 1. The topological polar surface area (TPSA) is 108 Å². The number of carbonyl (C=O) groups excluding carboxylic acids is 1. The number of allylic oxidation sites excluding steroid dienone is 20. The molecule has 9 heteroatoms. The van der Waals surface area contributed by atoms with Crippen molar-refractivity contribution in [3.63, 3.8) is 0 Å². The van der Waals surface area contributed by atoms with Gasteiger partial charge in [0.25, 0.3) is 7.82 Å². The van der Waals surface area contributed by atoms with E-state index in [-0.39, 0.29) is 19.1 Å². The fourth-order valence-corrected chi connectivity index (χ4v) is 8.79. The van der Waals surface area contributed by atoms with Crippen LogP contribution in [-0.2, 0) is 18.4 Å². The van der Waals surface area contributed by atoms with Gasteiger partial charge in [0.1, 0.15) is 13.2 Å². The van der Waals surface area contributed by atoms with Crippen LogP contribution in [0.3, 0.4) is 0 Å².